The Hall–Kier alpha value is -2.12. The number of aromatic amines is 1. The highest BCUT2D eigenvalue weighted by molar-refractivity contribution is 5.83. The molecule has 2 aromatic rings. The number of nitrogens with one attached hydrogen (secondary N) is 3. The zero-order valence-electron chi connectivity index (χ0n) is 17.8. The predicted molar refractivity (Wildman–Crippen MR) is 117 cm³/mol. The standard InChI is InChI=1S/C22H34FN5O/c1-4-24-22(27-13-19-15-28(9-10-29-19)14-16(2)3)25-8-7-17-12-26-21-6-5-18(23)11-20(17)21/h5-6,11-12,16,19,26H,4,7-10,13-15H2,1-3H3,(H2,24,25,27). The molecule has 2 heterocycles. The number of ether oxygens (including phenoxy) is 1. The number of halogens is 1. The maximum atomic E-state index is 13.5. The number of fused-ring (bicyclic) bond motifs is 1. The summed E-state index contributed by atoms with van der Waals surface area (Å²) in [7, 11) is 0. The van der Waals surface area contributed by atoms with E-state index in [4.69, 9.17) is 9.73 Å². The largest absolute Gasteiger partial charge is 0.374 e. The molecule has 0 amide bonds. The lowest BCUT2D eigenvalue weighted by Gasteiger charge is -2.33. The quantitative estimate of drug-likeness (QED) is 0.468. The van der Waals surface area contributed by atoms with Gasteiger partial charge in [0.1, 0.15) is 5.82 Å². The van der Waals surface area contributed by atoms with Crippen molar-refractivity contribution in [2.45, 2.75) is 33.3 Å². The Bertz CT molecular complexity index is 804. The molecule has 3 N–H and O–H groups in total. The Labute approximate surface area is 172 Å². The first-order valence-corrected chi connectivity index (χ1v) is 10.7. The Morgan fingerprint density at radius 3 is 3.03 bits per heavy atom. The fraction of sp³-hybridized carbons (Fsp3) is 0.591. The topological polar surface area (TPSA) is 64.7 Å². The molecule has 0 spiro atoms. The number of nitrogens with zero attached hydrogens (tertiary/aromatic N) is 2. The van der Waals surface area contributed by atoms with E-state index in [1.165, 1.54) is 6.07 Å². The molecule has 1 saturated heterocycles. The smallest absolute Gasteiger partial charge is 0.191 e. The van der Waals surface area contributed by atoms with Crippen LogP contribution in [-0.2, 0) is 11.2 Å². The fourth-order valence-electron chi connectivity index (χ4n) is 3.78. The van der Waals surface area contributed by atoms with Crippen LogP contribution >= 0.6 is 0 Å². The van der Waals surface area contributed by atoms with Gasteiger partial charge in [0.25, 0.3) is 0 Å². The third kappa shape index (κ3) is 6.44. The Kier molecular flexibility index (Phi) is 7.89. The molecule has 1 aliphatic rings. The van der Waals surface area contributed by atoms with Gasteiger partial charge >= 0.3 is 0 Å². The Morgan fingerprint density at radius 2 is 2.24 bits per heavy atom. The fourth-order valence-corrected chi connectivity index (χ4v) is 3.78. The van der Waals surface area contributed by atoms with Crippen LogP contribution in [-0.4, -0.2) is 67.8 Å². The van der Waals surface area contributed by atoms with E-state index in [2.05, 4.69) is 41.3 Å². The average Bonchev–Trinajstić information content (AvgIpc) is 3.08. The number of hydrogen-bond acceptors (Lipinski definition) is 3. The van der Waals surface area contributed by atoms with Crippen LogP contribution in [0.3, 0.4) is 0 Å². The van der Waals surface area contributed by atoms with Crippen molar-refractivity contribution in [2.75, 3.05) is 45.9 Å². The molecule has 0 bridgehead atoms. The minimum atomic E-state index is -0.208. The summed E-state index contributed by atoms with van der Waals surface area (Å²) in [4.78, 5) is 10.4. The number of rotatable bonds is 8. The van der Waals surface area contributed by atoms with Gasteiger partial charge in [0.2, 0.25) is 0 Å². The van der Waals surface area contributed by atoms with Gasteiger partial charge in [0.15, 0.2) is 5.96 Å². The van der Waals surface area contributed by atoms with Gasteiger partial charge in [-0.25, -0.2) is 4.39 Å². The lowest BCUT2D eigenvalue weighted by molar-refractivity contribution is -0.0261. The first-order valence-electron chi connectivity index (χ1n) is 10.7. The second-order valence-corrected chi connectivity index (χ2v) is 8.05. The highest BCUT2D eigenvalue weighted by Gasteiger charge is 2.20. The van der Waals surface area contributed by atoms with Gasteiger partial charge in [-0.05, 0) is 43.0 Å². The van der Waals surface area contributed by atoms with Crippen LogP contribution in [0.4, 0.5) is 4.39 Å². The van der Waals surface area contributed by atoms with Crippen molar-refractivity contribution in [1.29, 1.82) is 0 Å². The third-order valence-corrected chi connectivity index (χ3v) is 5.06. The number of H-pyrrole nitrogens is 1. The van der Waals surface area contributed by atoms with Crippen molar-refractivity contribution in [1.82, 2.24) is 20.5 Å². The molecule has 1 aliphatic heterocycles. The lowest BCUT2D eigenvalue weighted by atomic mass is 10.1. The molecule has 1 atom stereocenters. The van der Waals surface area contributed by atoms with Crippen molar-refractivity contribution in [3.8, 4) is 0 Å². The average molecular weight is 404 g/mol. The van der Waals surface area contributed by atoms with Crippen LogP contribution in [0.25, 0.3) is 10.9 Å². The van der Waals surface area contributed by atoms with Gasteiger partial charge in [-0.3, -0.25) is 9.89 Å². The summed E-state index contributed by atoms with van der Waals surface area (Å²) in [5.41, 5.74) is 2.06. The van der Waals surface area contributed by atoms with E-state index in [1.54, 1.807) is 12.1 Å². The molecule has 7 heteroatoms. The second-order valence-electron chi connectivity index (χ2n) is 8.05. The zero-order valence-corrected chi connectivity index (χ0v) is 17.8. The zero-order chi connectivity index (χ0) is 20.6. The molecule has 0 saturated carbocycles. The van der Waals surface area contributed by atoms with Crippen LogP contribution < -0.4 is 10.6 Å². The van der Waals surface area contributed by atoms with Gasteiger partial charge in [-0.2, -0.15) is 0 Å². The van der Waals surface area contributed by atoms with Crippen LogP contribution in [0.2, 0.25) is 0 Å². The van der Waals surface area contributed by atoms with Gasteiger partial charge in [-0.15, -0.1) is 0 Å². The van der Waals surface area contributed by atoms with E-state index in [0.29, 0.717) is 12.5 Å². The molecular weight excluding hydrogens is 369 g/mol. The molecule has 1 aromatic heterocycles. The SMILES string of the molecule is CCNC(=NCC1CN(CC(C)C)CCO1)NCCc1c[nH]c2ccc(F)cc12. The monoisotopic (exact) mass is 403 g/mol. The molecule has 6 nitrogen and oxygen atoms in total. The van der Waals surface area contributed by atoms with Crippen LogP contribution in [0.5, 0.6) is 0 Å². The van der Waals surface area contributed by atoms with E-state index in [0.717, 1.165) is 68.2 Å². The number of morpholine rings is 1. The summed E-state index contributed by atoms with van der Waals surface area (Å²) in [5, 5.41) is 7.62. The molecule has 1 unspecified atom stereocenters. The molecule has 1 fully saturated rings. The molecule has 1 aromatic carbocycles. The maximum Gasteiger partial charge on any atom is 0.191 e. The van der Waals surface area contributed by atoms with Crippen molar-refractivity contribution in [2.24, 2.45) is 10.9 Å². The predicted octanol–water partition coefficient (Wildman–Crippen LogP) is 2.76. The van der Waals surface area contributed by atoms with Crippen LogP contribution in [0.1, 0.15) is 26.3 Å². The minimum absolute atomic E-state index is 0.134. The summed E-state index contributed by atoms with van der Waals surface area (Å²) < 4.78 is 19.4. The number of benzene rings is 1. The first kappa shape index (κ1) is 21.6. The van der Waals surface area contributed by atoms with Gasteiger partial charge in [0.05, 0.1) is 19.3 Å². The molecule has 3 rings (SSSR count). The number of guanidine groups is 1. The van der Waals surface area contributed by atoms with E-state index in [9.17, 15) is 4.39 Å². The van der Waals surface area contributed by atoms with Gasteiger partial charge < -0.3 is 20.4 Å². The number of aromatic nitrogens is 1. The van der Waals surface area contributed by atoms with E-state index in [-0.39, 0.29) is 11.9 Å². The van der Waals surface area contributed by atoms with E-state index < -0.39 is 0 Å². The highest BCUT2D eigenvalue weighted by atomic mass is 19.1. The summed E-state index contributed by atoms with van der Waals surface area (Å²) >= 11 is 0. The van der Waals surface area contributed by atoms with E-state index >= 15 is 0 Å². The molecular formula is C22H34FN5O. The maximum absolute atomic E-state index is 13.5. The number of aliphatic imine (C=N–C) groups is 1. The lowest BCUT2D eigenvalue weighted by Crippen LogP contribution is -2.46. The molecule has 29 heavy (non-hydrogen) atoms. The minimum Gasteiger partial charge on any atom is -0.374 e. The van der Waals surface area contributed by atoms with Crippen molar-refractivity contribution < 1.29 is 9.13 Å². The number of hydrogen-bond donors (Lipinski definition) is 3. The van der Waals surface area contributed by atoms with Crippen LogP contribution in [0.15, 0.2) is 29.4 Å². The molecule has 0 aliphatic carbocycles. The summed E-state index contributed by atoms with van der Waals surface area (Å²) in [6, 6.07) is 4.84. The summed E-state index contributed by atoms with van der Waals surface area (Å²) in [5.74, 6) is 1.25. The van der Waals surface area contributed by atoms with Crippen molar-refractivity contribution in [3.63, 3.8) is 0 Å². The second kappa shape index (κ2) is 10.6. The van der Waals surface area contributed by atoms with Crippen LogP contribution in [0, 0.1) is 11.7 Å². The van der Waals surface area contributed by atoms with E-state index in [1.807, 2.05) is 6.20 Å². The van der Waals surface area contributed by atoms with Crippen molar-refractivity contribution in [3.05, 3.63) is 35.8 Å². The first-order chi connectivity index (χ1) is 14.0. The van der Waals surface area contributed by atoms with Gasteiger partial charge in [-0.1, -0.05) is 13.8 Å². The third-order valence-electron chi connectivity index (χ3n) is 5.06. The summed E-state index contributed by atoms with van der Waals surface area (Å²) in [6.45, 7) is 12.5. The Morgan fingerprint density at radius 1 is 1.38 bits per heavy atom. The molecule has 0 radical (unpaired) electrons. The molecule has 160 valence electrons. The Balaban J connectivity index is 1.52. The van der Waals surface area contributed by atoms with Gasteiger partial charge in [0, 0.05) is 49.8 Å². The highest BCUT2D eigenvalue weighted by Crippen LogP contribution is 2.19. The normalized spacial score (nSPS) is 18.5. The van der Waals surface area contributed by atoms with Crippen molar-refractivity contribution >= 4 is 16.9 Å². The summed E-state index contributed by atoms with van der Waals surface area (Å²) in [6.07, 6.45) is 2.87.